The van der Waals surface area contributed by atoms with Crippen LogP contribution in [0.25, 0.3) is 11.1 Å². The molecule has 1 heterocycles. The number of rotatable bonds is 9. The number of ether oxygens (including phenoxy) is 2. The van der Waals surface area contributed by atoms with E-state index in [4.69, 9.17) is 9.47 Å². The Bertz CT molecular complexity index is 1030. The van der Waals surface area contributed by atoms with E-state index in [1.165, 1.54) is 4.90 Å². The molecule has 4 rings (SSSR count). The third-order valence-corrected chi connectivity index (χ3v) is 6.69. The van der Waals surface area contributed by atoms with Crippen LogP contribution in [0, 0.1) is 0 Å². The lowest BCUT2D eigenvalue weighted by Gasteiger charge is -2.32. The topological polar surface area (TPSA) is 105 Å². The molecule has 2 N–H and O–H groups in total. The minimum Gasteiger partial charge on any atom is -0.479 e. The van der Waals surface area contributed by atoms with Crippen molar-refractivity contribution >= 4 is 18.0 Å². The lowest BCUT2D eigenvalue weighted by Crippen LogP contribution is -2.50. The number of carboxylic acids is 1. The van der Waals surface area contributed by atoms with Gasteiger partial charge in [-0.25, -0.2) is 9.59 Å². The molecule has 1 saturated heterocycles. The summed E-state index contributed by atoms with van der Waals surface area (Å²) in [5.41, 5.74) is 4.60. The number of aliphatic carboxylic acids is 1. The molecular weight excluding hydrogens is 448 g/mol. The third kappa shape index (κ3) is 5.82. The number of carbonyl (C=O) groups is 3. The van der Waals surface area contributed by atoms with Gasteiger partial charge in [0.25, 0.3) is 0 Å². The maximum Gasteiger partial charge on any atom is 0.407 e. The van der Waals surface area contributed by atoms with Gasteiger partial charge < -0.3 is 24.8 Å². The molecule has 186 valence electrons. The first kappa shape index (κ1) is 24.7. The highest BCUT2D eigenvalue weighted by Crippen LogP contribution is 2.44. The second-order valence-electron chi connectivity index (χ2n) is 9.05. The van der Waals surface area contributed by atoms with Crippen LogP contribution in [-0.4, -0.2) is 66.4 Å². The van der Waals surface area contributed by atoms with Crippen molar-refractivity contribution in [1.29, 1.82) is 0 Å². The van der Waals surface area contributed by atoms with Crippen molar-refractivity contribution in [1.82, 2.24) is 10.2 Å². The molecule has 1 fully saturated rings. The molecule has 2 atom stereocenters. The fourth-order valence-electron chi connectivity index (χ4n) is 4.85. The number of fused-ring (bicyclic) bond motifs is 3. The number of amides is 2. The van der Waals surface area contributed by atoms with E-state index in [0.29, 0.717) is 13.0 Å². The van der Waals surface area contributed by atoms with Crippen LogP contribution in [0.15, 0.2) is 48.5 Å². The van der Waals surface area contributed by atoms with E-state index < -0.39 is 18.2 Å². The molecule has 0 spiro atoms. The molecule has 2 aliphatic rings. The molecule has 2 aromatic rings. The molecule has 8 heteroatoms. The number of morpholine rings is 1. The number of carboxylic acid groups (broad SMARTS) is 1. The van der Waals surface area contributed by atoms with Gasteiger partial charge in [-0.05, 0) is 28.7 Å². The van der Waals surface area contributed by atoms with E-state index in [1.807, 2.05) is 31.2 Å². The van der Waals surface area contributed by atoms with Crippen molar-refractivity contribution in [3.63, 3.8) is 0 Å². The molecule has 0 bridgehead atoms. The van der Waals surface area contributed by atoms with Gasteiger partial charge in [-0.3, -0.25) is 4.79 Å². The van der Waals surface area contributed by atoms with E-state index in [2.05, 4.69) is 29.6 Å². The summed E-state index contributed by atoms with van der Waals surface area (Å²) >= 11 is 0. The minimum atomic E-state index is -1.08. The largest absolute Gasteiger partial charge is 0.479 e. The predicted molar refractivity (Wildman–Crippen MR) is 130 cm³/mol. The van der Waals surface area contributed by atoms with Gasteiger partial charge in [0, 0.05) is 24.9 Å². The monoisotopic (exact) mass is 480 g/mol. The van der Waals surface area contributed by atoms with Gasteiger partial charge in [-0.2, -0.15) is 0 Å². The first-order valence-electron chi connectivity index (χ1n) is 12.2. The molecule has 0 saturated carbocycles. The van der Waals surface area contributed by atoms with Crippen LogP contribution in [-0.2, 0) is 19.1 Å². The van der Waals surface area contributed by atoms with Crippen LogP contribution < -0.4 is 5.32 Å². The van der Waals surface area contributed by atoms with E-state index >= 15 is 0 Å². The van der Waals surface area contributed by atoms with Crippen LogP contribution in [0.4, 0.5) is 4.79 Å². The van der Waals surface area contributed by atoms with Crippen molar-refractivity contribution in [2.24, 2.45) is 0 Å². The van der Waals surface area contributed by atoms with Gasteiger partial charge in [0.05, 0.1) is 13.2 Å². The van der Waals surface area contributed by atoms with Crippen LogP contribution in [0.5, 0.6) is 0 Å². The molecule has 0 radical (unpaired) electrons. The molecular formula is C27H32N2O6. The smallest absolute Gasteiger partial charge is 0.407 e. The van der Waals surface area contributed by atoms with Gasteiger partial charge in [0.2, 0.25) is 5.91 Å². The number of hydrogen-bond donors (Lipinski definition) is 2. The first-order chi connectivity index (χ1) is 17.0. The van der Waals surface area contributed by atoms with Crippen LogP contribution >= 0.6 is 0 Å². The molecule has 2 amide bonds. The van der Waals surface area contributed by atoms with Gasteiger partial charge in [0.1, 0.15) is 6.61 Å². The Labute approximate surface area is 205 Å². The predicted octanol–water partition coefficient (Wildman–Crippen LogP) is 3.79. The van der Waals surface area contributed by atoms with E-state index in [1.54, 1.807) is 0 Å². The lowest BCUT2D eigenvalue weighted by atomic mass is 9.98. The standard InChI is InChI=1S/C27H32N2O6/c1-2-3-8-18(15-25(30)29-13-14-34-24(16-29)26(31)32)28-27(33)35-17-23-21-11-6-4-9-19(21)20-10-5-7-12-22(20)23/h4-7,9-12,18,23-24H,2-3,8,13-17H2,1H3,(H,28,33)(H,31,32)/t18-,24?/m0/s1. The number of nitrogens with one attached hydrogen (secondary N) is 1. The fourth-order valence-corrected chi connectivity index (χ4v) is 4.85. The Balaban J connectivity index is 1.36. The Morgan fingerprint density at radius 1 is 1.11 bits per heavy atom. The van der Waals surface area contributed by atoms with Crippen LogP contribution in [0.3, 0.4) is 0 Å². The summed E-state index contributed by atoms with van der Waals surface area (Å²) in [6.07, 6.45) is 0.941. The van der Waals surface area contributed by atoms with Crippen molar-refractivity contribution in [3.8, 4) is 11.1 Å². The van der Waals surface area contributed by atoms with Gasteiger partial charge in [0.15, 0.2) is 6.10 Å². The van der Waals surface area contributed by atoms with Crippen molar-refractivity contribution in [2.45, 2.75) is 50.7 Å². The third-order valence-electron chi connectivity index (χ3n) is 6.69. The zero-order chi connectivity index (χ0) is 24.8. The Morgan fingerprint density at radius 2 is 1.77 bits per heavy atom. The van der Waals surface area contributed by atoms with Crippen LogP contribution in [0.1, 0.15) is 49.7 Å². The molecule has 1 aliphatic heterocycles. The molecule has 2 aromatic carbocycles. The minimum absolute atomic E-state index is 0.0135. The molecule has 1 aliphatic carbocycles. The summed E-state index contributed by atoms with van der Waals surface area (Å²) in [6.45, 7) is 2.79. The Morgan fingerprint density at radius 3 is 2.40 bits per heavy atom. The SMILES string of the molecule is CCCC[C@@H](CC(=O)N1CCOC(C(=O)O)C1)NC(=O)OCC1c2ccccc2-c2ccccc21. The second-order valence-corrected chi connectivity index (χ2v) is 9.05. The van der Waals surface area contributed by atoms with E-state index in [0.717, 1.165) is 35.1 Å². The summed E-state index contributed by atoms with van der Waals surface area (Å²) in [5.74, 6) is -1.31. The van der Waals surface area contributed by atoms with Crippen molar-refractivity contribution < 1.29 is 29.0 Å². The highest BCUT2D eigenvalue weighted by molar-refractivity contribution is 5.80. The summed E-state index contributed by atoms with van der Waals surface area (Å²) in [6, 6.07) is 15.9. The number of unbranched alkanes of at least 4 members (excludes halogenated alkanes) is 1. The summed E-state index contributed by atoms with van der Waals surface area (Å²) in [4.78, 5) is 38.3. The van der Waals surface area contributed by atoms with E-state index in [-0.39, 0.29) is 44.0 Å². The van der Waals surface area contributed by atoms with Crippen LogP contribution in [0.2, 0.25) is 0 Å². The summed E-state index contributed by atoms with van der Waals surface area (Å²) in [5, 5.41) is 12.1. The maximum atomic E-state index is 12.8. The molecule has 0 aromatic heterocycles. The molecule has 1 unspecified atom stereocenters. The summed E-state index contributed by atoms with van der Waals surface area (Å²) in [7, 11) is 0. The number of benzene rings is 2. The first-order valence-corrected chi connectivity index (χ1v) is 12.2. The average molecular weight is 481 g/mol. The maximum absolute atomic E-state index is 12.8. The fraction of sp³-hybridized carbons (Fsp3) is 0.444. The Hall–Kier alpha value is -3.39. The van der Waals surface area contributed by atoms with Crippen molar-refractivity contribution in [2.75, 3.05) is 26.3 Å². The van der Waals surface area contributed by atoms with Gasteiger partial charge in [-0.15, -0.1) is 0 Å². The van der Waals surface area contributed by atoms with Crippen molar-refractivity contribution in [3.05, 3.63) is 59.7 Å². The normalized spacial score (nSPS) is 17.9. The number of alkyl carbamates (subject to hydrolysis) is 1. The zero-order valence-electron chi connectivity index (χ0n) is 19.9. The van der Waals surface area contributed by atoms with Gasteiger partial charge >= 0.3 is 12.1 Å². The lowest BCUT2D eigenvalue weighted by molar-refractivity contribution is -0.159. The number of hydrogen-bond acceptors (Lipinski definition) is 5. The van der Waals surface area contributed by atoms with E-state index in [9.17, 15) is 19.5 Å². The molecule has 35 heavy (non-hydrogen) atoms. The quantitative estimate of drug-likeness (QED) is 0.566. The van der Waals surface area contributed by atoms with Gasteiger partial charge in [-0.1, -0.05) is 68.3 Å². The highest BCUT2D eigenvalue weighted by atomic mass is 16.5. The highest BCUT2D eigenvalue weighted by Gasteiger charge is 2.31. The molecule has 8 nitrogen and oxygen atoms in total. The summed E-state index contributed by atoms with van der Waals surface area (Å²) < 4.78 is 10.9. The number of nitrogens with zero attached hydrogens (tertiary/aromatic N) is 1. The average Bonchev–Trinajstić information content (AvgIpc) is 3.19. The second kappa shape index (κ2) is 11.4. The Kier molecular flexibility index (Phi) is 8.02. The number of carbonyl (C=O) groups excluding carboxylic acids is 2. The zero-order valence-corrected chi connectivity index (χ0v) is 19.9.